The zero-order valence-corrected chi connectivity index (χ0v) is 10.2. The Balaban J connectivity index is 2.60. The van der Waals surface area contributed by atoms with E-state index in [2.05, 4.69) is 0 Å². The van der Waals surface area contributed by atoms with Crippen molar-refractivity contribution < 1.29 is 19.4 Å². The van der Waals surface area contributed by atoms with Crippen LogP contribution in [0.25, 0.3) is 0 Å². The lowest BCUT2D eigenvalue weighted by molar-refractivity contribution is -0.138. The summed E-state index contributed by atoms with van der Waals surface area (Å²) in [4.78, 5) is 23.8. The molecule has 5 nitrogen and oxygen atoms in total. The van der Waals surface area contributed by atoms with E-state index in [1.165, 1.54) is 4.90 Å². The molecule has 0 saturated heterocycles. The topological polar surface area (TPSA) is 66.8 Å². The molecule has 1 aliphatic rings. The van der Waals surface area contributed by atoms with Gasteiger partial charge in [0.15, 0.2) is 0 Å². The highest BCUT2D eigenvalue weighted by Crippen LogP contribution is 2.44. The van der Waals surface area contributed by atoms with Crippen LogP contribution in [-0.2, 0) is 9.53 Å². The molecule has 0 radical (unpaired) electrons. The highest BCUT2D eigenvalue weighted by Gasteiger charge is 2.51. The Morgan fingerprint density at radius 1 is 1.38 bits per heavy atom. The van der Waals surface area contributed by atoms with Crippen molar-refractivity contribution in [3.8, 4) is 0 Å². The van der Waals surface area contributed by atoms with Gasteiger partial charge in [-0.15, -0.1) is 0 Å². The van der Waals surface area contributed by atoms with Crippen LogP contribution in [0.15, 0.2) is 0 Å². The molecular formula is C11H19NO4. The van der Waals surface area contributed by atoms with E-state index in [0.717, 1.165) is 12.8 Å². The second-order valence-corrected chi connectivity index (χ2v) is 5.33. The number of carboxylic acid groups (broad SMARTS) is 1. The number of aliphatic carboxylic acids is 1. The van der Waals surface area contributed by atoms with Crippen LogP contribution in [0.3, 0.4) is 0 Å². The number of carboxylic acids is 1. The van der Waals surface area contributed by atoms with E-state index in [4.69, 9.17) is 9.84 Å². The van der Waals surface area contributed by atoms with Gasteiger partial charge in [0.25, 0.3) is 0 Å². The first-order valence-electron chi connectivity index (χ1n) is 5.35. The maximum absolute atomic E-state index is 11.7. The van der Waals surface area contributed by atoms with Gasteiger partial charge in [-0.25, -0.2) is 4.79 Å². The number of nitrogens with zero attached hydrogens (tertiary/aromatic N) is 1. The van der Waals surface area contributed by atoms with Crippen LogP contribution >= 0.6 is 0 Å². The number of ether oxygens (including phenoxy) is 1. The molecule has 0 atom stereocenters. The van der Waals surface area contributed by atoms with E-state index in [0.29, 0.717) is 0 Å². The van der Waals surface area contributed by atoms with Crippen molar-refractivity contribution in [2.24, 2.45) is 0 Å². The van der Waals surface area contributed by atoms with Crippen molar-refractivity contribution in [1.82, 2.24) is 4.90 Å². The Morgan fingerprint density at radius 3 is 2.19 bits per heavy atom. The number of carbonyl (C=O) groups is 2. The predicted molar refractivity (Wildman–Crippen MR) is 58.2 cm³/mol. The first kappa shape index (κ1) is 12.8. The zero-order chi connectivity index (χ0) is 12.6. The van der Waals surface area contributed by atoms with Crippen molar-refractivity contribution in [2.75, 3.05) is 7.05 Å². The molecule has 0 aromatic heterocycles. The van der Waals surface area contributed by atoms with Gasteiger partial charge in [-0.3, -0.25) is 4.79 Å². The SMILES string of the molecule is CN(C(=O)OC(C)(C)C)C1(CC(=O)O)CC1. The lowest BCUT2D eigenvalue weighted by Gasteiger charge is -2.30. The maximum Gasteiger partial charge on any atom is 0.410 e. The molecule has 16 heavy (non-hydrogen) atoms. The quantitative estimate of drug-likeness (QED) is 0.802. The average Bonchev–Trinajstić information content (AvgIpc) is 2.80. The molecule has 0 bridgehead atoms. The van der Waals surface area contributed by atoms with Gasteiger partial charge in [-0.05, 0) is 33.6 Å². The molecule has 0 aromatic rings. The summed E-state index contributed by atoms with van der Waals surface area (Å²) in [6.07, 6.45) is 0.999. The van der Waals surface area contributed by atoms with Crippen molar-refractivity contribution >= 4 is 12.1 Å². The van der Waals surface area contributed by atoms with Crippen molar-refractivity contribution in [1.29, 1.82) is 0 Å². The largest absolute Gasteiger partial charge is 0.481 e. The van der Waals surface area contributed by atoms with E-state index in [9.17, 15) is 9.59 Å². The maximum atomic E-state index is 11.7. The Hall–Kier alpha value is -1.26. The minimum atomic E-state index is -0.882. The molecule has 0 aromatic carbocycles. The van der Waals surface area contributed by atoms with E-state index < -0.39 is 23.2 Å². The molecular weight excluding hydrogens is 210 g/mol. The van der Waals surface area contributed by atoms with Gasteiger partial charge in [0.05, 0.1) is 12.0 Å². The van der Waals surface area contributed by atoms with Gasteiger partial charge in [0.1, 0.15) is 5.60 Å². The third kappa shape index (κ3) is 3.12. The highest BCUT2D eigenvalue weighted by atomic mass is 16.6. The molecule has 0 aliphatic heterocycles. The van der Waals surface area contributed by atoms with Crippen molar-refractivity contribution in [3.63, 3.8) is 0 Å². The summed E-state index contributed by atoms with van der Waals surface area (Å²) in [7, 11) is 1.60. The van der Waals surface area contributed by atoms with E-state index in [1.807, 2.05) is 0 Å². The zero-order valence-electron chi connectivity index (χ0n) is 10.2. The summed E-state index contributed by atoms with van der Waals surface area (Å²) in [6, 6.07) is 0. The van der Waals surface area contributed by atoms with Gasteiger partial charge in [-0.2, -0.15) is 0 Å². The molecule has 1 saturated carbocycles. The second kappa shape index (κ2) is 3.96. The molecule has 1 fully saturated rings. The van der Waals surface area contributed by atoms with Crippen LogP contribution in [0.4, 0.5) is 4.79 Å². The fourth-order valence-corrected chi connectivity index (χ4v) is 1.58. The first-order valence-corrected chi connectivity index (χ1v) is 5.35. The number of hydrogen-bond donors (Lipinski definition) is 1. The highest BCUT2D eigenvalue weighted by molar-refractivity contribution is 5.74. The summed E-state index contributed by atoms with van der Waals surface area (Å²) in [5.74, 6) is -0.882. The fraction of sp³-hybridized carbons (Fsp3) is 0.818. The Kier molecular flexibility index (Phi) is 3.17. The molecule has 0 spiro atoms. The smallest absolute Gasteiger partial charge is 0.410 e. The normalized spacial score (nSPS) is 17.8. The molecule has 1 rings (SSSR count). The number of carbonyl (C=O) groups excluding carboxylic acids is 1. The Morgan fingerprint density at radius 2 is 1.88 bits per heavy atom. The van der Waals surface area contributed by atoms with Gasteiger partial charge in [0.2, 0.25) is 0 Å². The van der Waals surface area contributed by atoms with Crippen LogP contribution in [0.5, 0.6) is 0 Å². The number of hydrogen-bond acceptors (Lipinski definition) is 3. The molecule has 1 amide bonds. The lowest BCUT2D eigenvalue weighted by atomic mass is 10.1. The first-order chi connectivity index (χ1) is 7.16. The summed E-state index contributed by atoms with van der Waals surface area (Å²) >= 11 is 0. The minimum absolute atomic E-state index is 0.0112. The molecule has 0 heterocycles. The third-order valence-corrected chi connectivity index (χ3v) is 2.69. The summed E-state index contributed by atoms with van der Waals surface area (Å²) in [5, 5.41) is 8.77. The minimum Gasteiger partial charge on any atom is -0.481 e. The van der Waals surface area contributed by atoms with Crippen LogP contribution in [0.2, 0.25) is 0 Å². The van der Waals surface area contributed by atoms with E-state index >= 15 is 0 Å². The van der Waals surface area contributed by atoms with Gasteiger partial charge >= 0.3 is 12.1 Å². The number of amides is 1. The van der Waals surface area contributed by atoms with Crippen LogP contribution in [-0.4, -0.2) is 40.3 Å². The molecule has 1 N–H and O–H groups in total. The monoisotopic (exact) mass is 229 g/mol. The van der Waals surface area contributed by atoms with Crippen LogP contribution < -0.4 is 0 Å². The lowest BCUT2D eigenvalue weighted by Crippen LogP contribution is -2.43. The predicted octanol–water partition coefficient (Wildman–Crippen LogP) is 1.86. The molecule has 1 aliphatic carbocycles. The van der Waals surface area contributed by atoms with Crippen LogP contribution in [0, 0.1) is 0 Å². The number of rotatable bonds is 3. The van der Waals surface area contributed by atoms with Gasteiger partial charge < -0.3 is 14.7 Å². The van der Waals surface area contributed by atoms with Gasteiger partial charge in [0, 0.05) is 7.05 Å². The van der Waals surface area contributed by atoms with Crippen molar-refractivity contribution in [3.05, 3.63) is 0 Å². The average molecular weight is 229 g/mol. The standard InChI is InChI=1S/C11H19NO4/c1-10(2,3)16-9(15)12(4)11(5-6-11)7-8(13)14/h5-7H2,1-4H3,(H,13,14). The summed E-state index contributed by atoms with van der Waals surface area (Å²) in [6.45, 7) is 5.36. The summed E-state index contributed by atoms with van der Waals surface area (Å²) in [5.41, 5.74) is -1.07. The van der Waals surface area contributed by atoms with Crippen LogP contribution in [0.1, 0.15) is 40.0 Å². The Bertz CT molecular complexity index is 302. The van der Waals surface area contributed by atoms with Crippen molar-refractivity contribution in [2.45, 2.75) is 51.2 Å². The van der Waals surface area contributed by atoms with E-state index in [1.54, 1.807) is 27.8 Å². The fourth-order valence-electron chi connectivity index (χ4n) is 1.58. The van der Waals surface area contributed by atoms with E-state index in [-0.39, 0.29) is 6.42 Å². The molecule has 0 unspecified atom stereocenters. The Labute approximate surface area is 95.4 Å². The third-order valence-electron chi connectivity index (χ3n) is 2.69. The van der Waals surface area contributed by atoms with Gasteiger partial charge in [-0.1, -0.05) is 0 Å². The second-order valence-electron chi connectivity index (χ2n) is 5.33. The molecule has 92 valence electrons. The summed E-state index contributed by atoms with van der Waals surface area (Å²) < 4.78 is 5.20. The molecule has 5 heteroatoms.